The zero-order valence-corrected chi connectivity index (χ0v) is 21.3. The number of carbonyl (C=O) groups is 2. The topological polar surface area (TPSA) is 65.1 Å². The molecular formula is C26H29NO5S2. The summed E-state index contributed by atoms with van der Waals surface area (Å²) in [5, 5.41) is 0. The van der Waals surface area contributed by atoms with E-state index in [0.29, 0.717) is 40.3 Å². The van der Waals surface area contributed by atoms with Crippen molar-refractivity contribution in [2.24, 2.45) is 0 Å². The third kappa shape index (κ3) is 7.08. The van der Waals surface area contributed by atoms with Crippen molar-refractivity contribution < 1.29 is 23.8 Å². The fraction of sp³-hybridized carbons (Fsp3) is 0.346. The SMILES string of the molecule is COC(=O)CCCCCN1C(=O)/C(=C\c2ccc(OCc3cccc(C)c3)c(OC)c2)SC1=S. The number of amides is 1. The number of ether oxygens (including phenoxy) is 3. The molecule has 0 aliphatic carbocycles. The van der Waals surface area contributed by atoms with Crippen molar-refractivity contribution in [3.05, 3.63) is 64.1 Å². The zero-order chi connectivity index (χ0) is 24.5. The van der Waals surface area contributed by atoms with Crippen LogP contribution in [0.3, 0.4) is 0 Å². The van der Waals surface area contributed by atoms with Gasteiger partial charge in [0, 0.05) is 13.0 Å². The molecule has 3 rings (SSSR count). The number of hydrogen-bond donors (Lipinski definition) is 0. The summed E-state index contributed by atoms with van der Waals surface area (Å²) in [4.78, 5) is 26.3. The third-order valence-corrected chi connectivity index (χ3v) is 6.70. The average molecular weight is 500 g/mol. The normalized spacial score (nSPS) is 14.6. The summed E-state index contributed by atoms with van der Waals surface area (Å²) in [6, 6.07) is 13.8. The number of aryl methyl sites for hydroxylation is 1. The van der Waals surface area contributed by atoms with Gasteiger partial charge < -0.3 is 14.2 Å². The van der Waals surface area contributed by atoms with Crippen LogP contribution in [0.2, 0.25) is 0 Å². The molecule has 1 saturated heterocycles. The highest BCUT2D eigenvalue weighted by Gasteiger charge is 2.31. The lowest BCUT2D eigenvalue weighted by Gasteiger charge is -2.14. The first-order valence-electron chi connectivity index (χ1n) is 11.1. The Morgan fingerprint density at radius 3 is 2.65 bits per heavy atom. The molecule has 0 spiro atoms. The summed E-state index contributed by atoms with van der Waals surface area (Å²) in [5.41, 5.74) is 3.10. The van der Waals surface area contributed by atoms with Crippen molar-refractivity contribution >= 4 is 46.3 Å². The first-order chi connectivity index (χ1) is 16.4. The number of rotatable bonds is 11. The molecule has 180 valence electrons. The van der Waals surface area contributed by atoms with Gasteiger partial charge in [-0.3, -0.25) is 14.5 Å². The Morgan fingerprint density at radius 1 is 1.09 bits per heavy atom. The van der Waals surface area contributed by atoms with E-state index in [9.17, 15) is 9.59 Å². The van der Waals surface area contributed by atoms with E-state index in [1.54, 1.807) is 12.0 Å². The van der Waals surface area contributed by atoms with Crippen LogP contribution in [-0.4, -0.2) is 41.9 Å². The molecule has 0 radical (unpaired) electrons. The lowest BCUT2D eigenvalue weighted by Crippen LogP contribution is -2.29. The quantitative estimate of drug-likeness (QED) is 0.175. The maximum Gasteiger partial charge on any atom is 0.305 e. The van der Waals surface area contributed by atoms with E-state index < -0.39 is 0 Å². The van der Waals surface area contributed by atoms with Gasteiger partial charge in [0.2, 0.25) is 0 Å². The van der Waals surface area contributed by atoms with Crippen LogP contribution in [0.25, 0.3) is 6.08 Å². The van der Waals surface area contributed by atoms with E-state index in [1.165, 1.54) is 24.4 Å². The van der Waals surface area contributed by atoms with Crippen LogP contribution >= 0.6 is 24.0 Å². The predicted molar refractivity (Wildman–Crippen MR) is 139 cm³/mol. The molecule has 2 aromatic carbocycles. The minimum atomic E-state index is -0.212. The Balaban J connectivity index is 1.60. The molecule has 1 fully saturated rings. The fourth-order valence-electron chi connectivity index (χ4n) is 3.52. The molecule has 1 heterocycles. The Labute approximate surface area is 210 Å². The second-order valence-electron chi connectivity index (χ2n) is 7.91. The lowest BCUT2D eigenvalue weighted by atomic mass is 10.1. The second-order valence-corrected chi connectivity index (χ2v) is 9.58. The summed E-state index contributed by atoms with van der Waals surface area (Å²) in [6.07, 6.45) is 4.55. The summed E-state index contributed by atoms with van der Waals surface area (Å²) in [7, 11) is 2.98. The molecule has 2 aromatic rings. The van der Waals surface area contributed by atoms with Crippen LogP contribution in [0.1, 0.15) is 42.4 Å². The average Bonchev–Trinajstić information content (AvgIpc) is 3.09. The van der Waals surface area contributed by atoms with E-state index in [2.05, 4.69) is 10.8 Å². The van der Waals surface area contributed by atoms with Crippen molar-refractivity contribution in [1.82, 2.24) is 4.90 Å². The van der Waals surface area contributed by atoms with Crippen LogP contribution in [0.4, 0.5) is 0 Å². The molecule has 34 heavy (non-hydrogen) atoms. The monoisotopic (exact) mass is 499 g/mol. The summed E-state index contributed by atoms with van der Waals surface area (Å²) < 4.78 is 16.7. The number of benzene rings is 2. The van der Waals surface area contributed by atoms with Gasteiger partial charge in [0.15, 0.2) is 11.5 Å². The van der Waals surface area contributed by atoms with Crippen molar-refractivity contribution in [3.63, 3.8) is 0 Å². The Hall–Kier alpha value is -2.84. The lowest BCUT2D eigenvalue weighted by molar-refractivity contribution is -0.140. The maximum absolute atomic E-state index is 12.9. The molecule has 1 aliphatic rings. The van der Waals surface area contributed by atoms with Crippen LogP contribution in [-0.2, 0) is 20.9 Å². The van der Waals surface area contributed by atoms with Crippen molar-refractivity contribution in [3.8, 4) is 11.5 Å². The maximum atomic E-state index is 12.9. The number of esters is 1. The smallest absolute Gasteiger partial charge is 0.305 e. The van der Waals surface area contributed by atoms with E-state index in [-0.39, 0.29) is 11.9 Å². The number of methoxy groups -OCH3 is 2. The van der Waals surface area contributed by atoms with Crippen LogP contribution in [0.15, 0.2) is 47.4 Å². The van der Waals surface area contributed by atoms with Gasteiger partial charge in [-0.25, -0.2) is 0 Å². The largest absolute Gasteiger partial charge is 0.493 e. The van der Waals surface area contributed by atoms with Gasteiger partial charge >= 0.3 is 5.97 Å². The first kappa shape index (κ1) is 25.8. The summed E-state index contributed by atoms with van der Waals surface area (Å²) in [6.45, 7) is 3.03. The third-order valence-electron chi connectivity index (χ3n) is 5.33. The number of carbonyl (C=O) groups excluding carboxylic acids is 2. The highest BCUT2D eigenvalue weighted by atomic mass is 32.2. The van der Waals surface area contributed by atoms with Crippen LogP contribution < -0.4 is 9.47 Å². The first-order valence-corrected chi connectivity index (χ1v) is 12.3. The minimum absolute atomic E-state index is 0.0956. The Kier molecular flexibility index (Phi) is 9.53. The van der Waals surface area contributed by atoms with E-state index >= 15 is 0 Å². The minimum Gasteiger partial charge on any atom is -0.493 e. The van der Waals surface area contributed by atoms with Crippen molar-refractivity contribution in [1.29, 1.82) is 0 Å². The number of thioether (sulfide) groups is 1. The van der Waals surface area contributed by atoms with Gasteiger partial charge in [-0.1, -0.05) is 66.3 Å². The van der Waals surface area contributed by atoms with Crippen LogP contribution in [0, 0.1) is 6.92 Å². The molecule has 6 nitrogen and oxygen atoms in total. The standard InChI is InChI=1S/C26H29NO5S2/c1-18-8-7-9-20(14-18)17-32-21-12-11-19(15-22(21)30-2)16-23-25(29)27(26(33)34-23)13-6-4-5-10-24(28)31-3/h7-9,11-12,14-16H,4-6,10,13,17H2,1-3H3/b23-16+. The van der Waals surface area contributed by atoms with E-state index in [4.69, 9.17) is 21.7 Å². The highest BCUT2D eigenvalue weighted by Crippen LogP contribution is 2.35. The van der Waals surface area contributed by atoms with Gasteiger partial charge in [-0.15, -0.1) is 0 Å². The fourth-order valence-corrected chi connectivity index (χ4v) is 4.83. The number of thiocarbonyl (C=S) groups is 1. The molecule has 1 aliphatic heterocycles. The molecule has 0 unspecified atom stereocenters. The summed E-state index contributed by atoms with van der Waals surface area (Å²) >= 11 is 6.72. The van der Waals surface area contributed by atoms with E-state index in [1.807, 2.05) is 49.4 Å². The molecule has 0 bridgehead atoms. The highest BCUT2D eigenvalue weighted by molar-refractivity contribution is 8.26. The zero-order valence-electron chi connectivity index (χ0n) is 19.7. The van der Waals surface area contributed by atoms with Gasteiger partial charge in [0.05, 0.1) is 19.1 Å². The van der Waals surface area contributed by atoms with Crippen molar-refractivity contribution in [2.75, 3.05) is 20.8 Å². The van der Waals surface area contributed by atoms with Crippen LogP contribution in [0.5, 0.6) is 11.5 Å². The van der Waals surface area contributed by atoms with Crippen molar-refractivity contribution in [2.45, 2.75) is 39.2 Å². The number of unbranched alkanes of at least 4 members (excludes halogenated alkanes) is 2. The van der Waals surface area contributed by atoms with E-state index in [0.717, 1.165) is 30.4 Å². The molecule has 0 saturated carbocycles. The molecule has 0 aromatic heterocycles. The molecule has 0 atom stereocenters. The van der Waals surface area contributed by atoms with Gasteiger partial charge in [0.25, 0.3) is 5.91 Å². The predicted octanol–water partition coefficient (Wildman–Crippen LogP) is 5.52. The van der Waals surface area contributed by atoms with Gasteiger partial charge in [0.1, 0.15) is 10.9 Å². The summed E-state index contributed by atoms with van der Waals surface area (Å²) in [5.74, 6) is 0.931. The Bertz CT molecular complexity index is 1080. The van der Waals surface area contributed by atoms with Gasteiger partial charge in [-0.2, -0.15) is 0 Å². The molecular weight excluding hydrogens is 470 g/mol. The Morgan fingerprint density at radius 2 is 1.91 bits per heavy atom. The molecule has 8 heteroatoms. The second kappa shape index (κ2) is 12.6. The van der Waals surface area contributed by atoms with Gasteiger partial charge in [-0.05, 0) is 49.1 Å². The number of hydrogen-bond acceptors (Lipinski definition) is 7. The molecule has 0 N–H and O–H groups in total. The molecule has 1 amide bonds. The number of nitrogens with zero attached hydrogens (tertiary/aromatic N) is 1.